The first kappa shape index (κ1) is 18.9. The molecule has 0 heterocycles. The number of carbonyl (C=O) groups is 1. The molecule has 2 rings (SSSR count). The molecule has 2 aromatic rings. The van der Waals surface area contributed by atoms with Crippen LogP contribution in [0, 0.1) is 6.92 Å². The smallest absolute Gasteiger partial charge is 0.330 e. The number of rotatable bonds is 9. The van der Waals surface area contributed by atoms with E-state index in [0.717, 1.165) is 25.7 Å². The lowest BCUT2D eigenvalue weighted by atomic mass is 9.93. The summed E-state index contributed by atoms with van der Waals surface area (Å²) < 4.78 is 5.08. The lowest BCUT2D eigenvalue weighted by molar-refractivity contribution is -0.137. The van der Waals surface area contributed by atoms with Crippen molar-refractivity contribution in [1.82, 2.24) is 0 Å². The van der Waals surface area contributed by atoms with Gasteiger partial charge in [0.15, 0.2) is 0 Å². The van der Waals surface area contributed by atoms with Gasteiger partial charge in [0.1, 0.15) is 0 Å². The predicted octanol–water partition coefficient (Wildman–Crippen LogP) is 4.25. The fraction of sp³-hybridized carbons (Fsp3) is 0.318. The monoisotopic (exact) mass is 338 g/mol. The molecule has 0 spiro atoms. The van der Waals surface area contributed by atoms with Crippen molar-refractivity contribution in [3.8, 4) is 11.1 Å². The number of hydrogen-bond acceptors (Lipinski definition) is 3. The molecule has 0 atom stereocenters. The minimum atomic E-state index is -0.379. The highest BCUT2D eigenvalue weighted by atomic mass is 16.5. The summed E-state index contributed by atoms with van der Waals surface area (Å²) in [6.07, 6.45) is 4.42. The van der Waals surface area contributed by atoms with Crippen LogP contribution in [0.5, 0.6) is 0 Å². The van der Waals surface area contributed by atoms with Crippen LogP contribution in [0.25, 0.3) is 11.1 Å². The zero-order valence-electron chi connectivity index (χ0n) is 14.8. The van der Waals surface area contributed by atoms with Crippen molar-refractivity contribution in [2.45, 2.75) is 32.6 Å². The molecule has 0 aliphatic heterocycles. The summed E-state index contributed by atoms with van der Waals surface area (Å²) >= 11 is 0. The van der Waals surface area contributed by atoms with Crippen molar-refractivity contribution in [1.29, 1.82) is 0 Å². The number of hydrogen-bond donors (Lipinski definition) is 1. The number of carbonyl (C=O) groups excluding carboxylic acids is 1. The first-order chi connectivity index (χ1) is 12.1. The average Bonchev–Trinajstić information content (AvgIpc) is 2.64. The van der Waals surface area contributed by atoms with Crippen molar-refractivity contribution in [3.63, 3.8) is 0 Å². The second-order valence-electron chi connectivity index (χ2n) is 6.16. The summed E-state index contributed by atoms with van der Waals surface area (Å²) in [5, 5.41) is 9.05. The summed E-state index contributed by atoms with van der Waals surface area (Å²) in [6.45, 7) is 6.07. The highest BCUT2D eigenvalue weighted by Gasteiger charge is 2.08. The lowest BCUT2D eigenvalue weighted by Crippen LogP contribution is -2.04. The molecule has 0 fully saturated rings. The lowest BCUT2D eigenvalue weighted by Gasteiger charge is -2.13. The average molecular weight is 338 g/mol. The Balaban J connectivity index is 2.17. The van der Waals surface area contributed by atoms with Crippen LogP contribution >= 0.6 is 0 Å². The van der Waals surface area contributed by atoms with Crippen LogP contribution in [0.2, 0.25) is 0 Å². The number of benzene rings is 2. The van der Waals surface area contributed by atoms with Crippen LogP contribution in [-0.2, 0) is 22.4 Å². The maximum Gasteiger partial charge on any atom is 0.330 e. The second-order valence-corrected chi connectivity index (χ2v) is 6.16. The van der Waals surface area contributed by atoms with Crippen LogP contribution < -0.4 is 0 Å². The van der Waals surface area contributed by atoms with Crippen molar-refractivity contribution < 1.29 is 14.6 Å². The van der Waals surface area contributed by atoms with Crippen LogP contribution in [0.4, 0.5) is 0 Å². The van der Waals surface area contributed by atoms with Crippen molar-refractivity contribution in [2.24, 2.45) is 0 Å². The normalized spacial score (nSPS) is 10.5. The molecule has 0 amide bonds. The standard InChI is InChI=1S/C22H26O3/c1-3-22(24)25-15-5-7-20-16-18(6-4-14-23)10-13-21(20)19-11-8-17(2)9-12-19/h3,8-13,16,23H,1,4-7,14-15H2,2H3. The number of aliphatic hydroxyl groups is 1. The van der Waals surface area contributed by atoms with Crippen LogP contribution in [0.3, 0.4) is 0 Å². The van der Waals surface area contributed by atoms with E-state index >= 15 is 0 Å². The fourth-order valence-electron chi connectivity index (χ4n) is 2.80. The Kier molecular flexibility index (Phi) is 7.42. The van der Waals surface area contributed by atoms with Gasteiger partial charge in [-0.05, 0) is 54.9 Å². The molecule has 0 saturated heterocycles. The zero-order chi connectivity index (χ0) is 18.1. The Morgan fingerprint density at radius 1 is 1.12 bits per heavy atom. The Bertz CT molecular complexity index is 702. The summed E-state index contributed by atoms with van der Waals surface area (Å²) in [4.78, 5) is 11.2. The summed E-state index contributed by atoms with van der Waals surface area (Å²) in [5.74, 6) is -0.379. The number of aliphatic hydroxyl groups excluding tert-OH is 1. The molecule has 0 bridgehead atoms. The van der Waals surface area contributed by atoms with Gasteiger partial charge >= 0.3 is 5.97 Å². The van der Waals surface area contributed by atoms with Gasteiger partial charge < -0.3 is 9.84 Å². The van der Waals surface area contributed by atoms with E-state index in [1.165, 1.54) is 33.9 Å². The second kappa shape index (κ2) is 9.80. The van der Waals surface area contributed by atoms with Gasteiger partial charge in [0.2, 0.25) is 0 Å². The molecule has 2 aromatic carbocycles. The Hall–Kier alpha value is -2.39. The number of aryl methyl sites for hydroxylation is 3. The topological polar surface area (TPSA) is 46.5 Å². The van der Waals surface area contributed by atoms with Crippen molar-refractivity contribution in [3.05, 3.63) is 71.8 Å². The van der Waals surface area contributed by atoms with Gasteiger partial charge in [-0.3, -0.25) is 0 Å². The third-order valence-electron chi connectivity index (χ3n) is 4.16. The van der Waals surface area contributed by atoms with E-state index in [9.17, 15) is 4.79 Å². The molecule has 1 N–H and O–H groups in total. The maximum absolute atomic E-state index is 11.2. The van der Waals surface area contributed by atoms with E-state index in [4.69, 9.17) is 9.84 Å². The van der Waals surface area contributed by atoms with E-state index in [-0.39, 0.29) is 12.6 Å². The van der Waals surface area contributed by atoms with Crippen molar-refractivity contribution >= 4 is 5.97 Å². The van der Waals surface area contributed by atoms with Gasteiger partial charge in [-0.1, -0.05) is 54.6 Å². The van der Waals surface area contributed by atoms with Crippen LogP contribution in [-0.4, -0.2) is 24.3 Å². The third-order valence-corrected chi connectivity index (χ3v) is 4.16. The fourth-order valence-corrected chi connectivity index (χ4v) is 2.80. The minimum Gasteiger partial charge on any atom is -0.463 e. The third kappa shape index (κ3) is 5.87. The Morgan fingerprint density at radius 3 is 2.56 bits per heavy atom. The summed E-state index contributed by atoms with van der Waals surface area (Å²) in [5.41, 5.74) is 6.11. The SMILES string of the molecule is C=CC(=O)OCCCc1cc(CCCO)ccc1-c1ccc(C)cc1. The molecule has 0 unspecified atom stereocenters. The Morgan fingerprint density at radius 2 is 1.88 bits per heavy atom. The molecule has 0 aliphatic rings. The van der Waals surface area contributed by atoms with Crippen molar-refractivity contribution in [2.75, 3.05) is 13.2 Å². The van der Waals surface area contributed by atoms with Gasteiger partial charge in [-0.25, -0.2) is 4.79 Å². The summed E-state index contributed by atoms with van der Waals surface area (Å²) in [7, 11) is 0. The molecule has 3 heteroatoms. The van der Waals surface area contributed by atoms with Gasteiger partial charge in [-0.2, -0.15) is 0 Å². The van der Waals surface area contributed by atoms with E-state index in [1.54, 1.807) is 0 Å². The molecular formula is C22H26O3. The van der Waals surface area contributed by atoms with E-state index in [2.05, 4.69) is 56.0 Å². The Labute approximate surface area is 150 Å². The molecule has 0 aliphatic carbocycles. The van der Waals surface area contributed by atoms with E-state index in [0.29, 0.717) is 6.61 Å². The van der Waals surface area contributed by atoms with Gasteiger partial charge in [-0.15, -0.1) is 0 Å². The quantitative estimate of drug-likeness (QED) is 0.422. The first-order valence-electron chi connectivity index (χ1n) is 8.73. The summed E-state index contributed by atoms with van der Waals surface area (Å²) in [6, 6.07) is 15.0. The number of ether oxygens (including phenoxy) is 1. The molecule has 25 heavy (non-hydrogen) atoms. The maximum atomic E-state index is 11.2. The molecular weight excluding hydrogens is 312 g/mol. The molecule has 0 radical (unpaired) electrons. The van der Waals surface area contributed by atoms with E-state index < -0.39 is 0 Å². The molecule has 3 nitrogen and oxygen atoms in total. The van der Waals surface area contributed by atoms with Crippen LogP contribution in [0.1, 0.15) is 29.5 Å². The minimum absolute atomic E-state index is 0.201. The number of esters is 1. The largest absolute Gasteiger partial charge is 0.463 e. The zero-order valence-corrected chi connectivity index (χ0v) is 14.8. The highest BCUT2D eigenvalue weighted by Crippen LogP contribution is 2.27. The predicted molar refractivity (Wildman–Crippen MR) is 101 cm³/mol. The van der Waals surface area contributed by atoms with Gasteiger partial charge in [0.05, 0.1) is 6.61 Å². The highest BCUT2D eigenvalue weighted by molar-refractivity contribution is 5.81. The first-order valence-corrected chi connectivity index (χ1v) is 8.73. The van der Waals surface area contributed by atoms with Gasteiger partial charge in [0, 0.05) is 12.7 Å². The molecule has 0 saturated carbocycles. The molecule has 0 aromatic heterocycles. The van der Waals surface area contributed by atoms with Crippen LogP contribution in [0.15, 0.2) is 55.1 Å². The molecule has 132 valence electrons. The van der Waals surface area contributed by atoms with Gasteiger partial charge in [0.25, 0.3) is 0 Å². The van der Waals surface area contributed by atoms with E-state index in [1.807, 2.05) is 0 Å².